The van der Waals surface area contributed by atoms with E-state index in [4.69, 9.17) is 9.47 Å². The van der Waals surface area contributed by atoms with Crippen LogP contribution >= 0.6 is 0 Å². The Morgan fingerprint density at radius 1 is 1.12 bits per heavy atom. The second-order valence-electron chi connectivity index (χ2n) is 10.9. The number of benzene rings is 3. The molecule has 2 unspecified atom stereocenters. The number of imidazole rings is 1. The van der Waals surface area contributed by atoms with Crippen LogP contribution in [0.5, 0.6) is 17.2 Å². The van der Waals surface area contributed by atoms with Crippen LogP contribution in [0.15, 0.2) is 54.9 Å². The summed E-state index contributed by atoms with van der Waals surface area (Å²) in [6.07, 6.45) is 4.00. The molecule has 7 nitrogen and oxygen atoms in total. The van der Waals surface area contributed by atoms with Crippen LogP contribution in [0.1, 0.15) is 42.5 Å². The zero-order chi connectivity index (χ0) is 29.3. The van der Waals surface area contributed by atoms with Gasteiger partial charge in [-0.2, -0.15) is 4.39 Å². The van der Waals surface area contributed by atoms with E-state index in [1.165, 1.54) is 24.4 Å². The number of rotatable bonds is 6. The van der Waals surface area contributed by atoms with Crippen molar-refractivity contribution in [3.63, 3.8) is 0 Å². The van der Waals surface area contributed by atoms with Crippen LogP contribution in [-0.4, -0.2) is 32.6 Å². The van der Waals surface area contributed by atoms with Gasteiger partial charge in [0.2, 0.25) is 11.6 Å². The lowest BCUT2D eigenvalue weighted by Gasteiger charge is -2.36. The van der Waals surface area contributed by atoms with E-state index in [9.17, 15) is 23.1 Å². The molecule has 11 heteroatoms. The summed E-state index contributed by atoms with van der Waals surface area (Å²) in [7, 11) is 0. The lowest BCUT2D eigenvalue weighted by molar-refractivity contribution is -0.138. The highest BCUT2D eigenvalue weighted by atomic mass is 19.2. The molecule has 7 rings (SSSR count). The minimum atomic E-state index is -1.51. The summed E-state index contributed by atoms with van der Waals surface area (Å²) < 4.78 is 70.6. The molecule has 3 aromatic carbocycles. The number of nitrogens with one attached hydrogen (secondary N) is 2. The van der Waals surface area contributed by atoms with Crippen LogP contribution in [0.2, 0.25) is 0 Å². The fourth-order valence-electron chi connectivity index (χ4n) is 5.88. The fourth-order valence-corrected chi connectivity index (χ4v) is 5.88. The third-order valence-corrected chi connectivity index (χ3v) is 8.37. The first-order chi connectivity index (χ1) is 20.2. The second-order valence-corrected chi connectivity index (χ2v) is 10.9. The number of carboxylic acids is 1. The minimum absolute atomic E-state index is 0.0188. The number of carboxylic acid groups (broad SMARTS) is 1. The van der Waals surface area contributed by atoms with E-state index >= 15 is 4.39 Å². The Balaban J connectivity index is 1.23. The van der Waals surface area contributed by atoms with Gasteiger partial charge in [-0.25, -0.2) is 18.2 Å². The number of para-hydroxylation sites is 1. The number of carbonyl (C=O) groups is 1. The van der Waals surface area contributed by atoms with Gasteiger partial charge in [-0.1, -0.05) is 18.2 Å². The minimum Gasteiger partial charge on any atom is -0.493 e. The van der Waals surface area contributed by atoms with Gasteiger partial charge in [-0.15, -0.1) is 0 Å². The van der Waals surface area contributed by atoms with Crippen LogP contribution in [-0.2, 0) is 10.2 Å². The van der Waals surface area contributed by atoms with Crippen molar-refractivity contribution < 1.29 is 36.9 Å². The molecule has 42 heavy (non-hydrogen) atoms. The smallest absolute Gasteiger partial charge is 0.307 e. The van der Waals surface area contributed by atoms with Crippen molar-refractivity contribution >= 4 is 16.9 Å². The van der Waals surface area contributed by atoms with Gasteiger partial charge in [0.1, 0.15) is 23.1 Å². The maximum Gasteiger partial charge on any atom is 0.307 e. The fraction of sp³-hybridized carbons (Fsp3) is 0.226. The maximum absolute atomic E-state index is 15.0. The maximum atomic E-state index is 15.0. The van der Waals surface area contributed by atoms with Crippen molar-refractivity contribution in [1.82, 2.24) is 15.0 Å². The summed E-state index contributed by atoms with van der Waals surface area (Å²) >= 11 is 0. The number of nitrogens with zero attached hydrogens (tertiary/aromatic N) is 1. The monoisotopic (exact) mass is 577 g/mol. The zero-order valence-electron chi connectivity index (χ0n) is 22.1. The quantitative estimate of drug-likeness (QED) is 0.147. The molecule has 3 atom stereocenters. The molecule has 3 N–H and O–H groups in total. The molecule has 2 aromatic heterocycles. The Hall–Kier alpha value is -4.80. The van der Waals surface area contributed by atoms with Gasteiger partial charge in [0, 0.05) is 40.4 Å². The Bertz CT molecular complexity index is 1900. The van der Waals surface area contributed by atoms with Gasteiger partial charge in [0.25, 0.3) is 0 Å². The van der Waals surface area contributed by atoms with E-state index in [1.54, 1.807) is 6.20 Å². The van der Waals surface area contributed by atoms with Crippen molar-refractivity contribution in [1.29, 1.82) is 0 Å². The molecule has 0 saturated heterocycles. The van der Waals surface area contributed by atoms with Crippen LogP contribution < -0.4 is 9.47 Å². The molecule has 0 amide bonds. The first-order valence-electron chi connectivity index (χ1n) is 13.3. The van der Waals surface area contributed by atoms with Crippen molar-refractivity contribution in [2.75, 3.05) is 6.61 Å². The largest absolute Gasteiger partial charge is 0.493 e. The van der Waals surface area contributed by atoms with Crippen LogP contribution in [0.4, 0.5) is 17.6 Å². The molecule has 0 radical (unpaired) electrons. The number of hydrogen-bond donors (Lipinski definition) is 3. The van der Waals surface area contributed by atoms with E-state index < -0.39 is 46.3 Å². The molecule has 1 fully saturated rings. The number of halogens is 4. The van der Waals surface area contributed by atoms with Crippen LogP contribution in [0.25, 0.3) is 22.3 Å². The molecule has 0 bridgehead atoms. The molecule has 2 aliphatic rings. The number of H-pyrrole nitrogens is 2. The van der Waals surface area contributed by atoms with Crippen LogP contribution in [0.3, 0.4) is 0 Å². The van der Waals surface area contributed by atoms with E-state index in [1.807, 2.05) is 25.1 Å². The predicted octanol–water partition coefficient (Wildman–Crippen LogP) is 7.18. The Morgan fingerprint density at radius 2 is 1.95 bits per heavy atom. The average molecular weight is 578 g/mol. The number of aromatic nitrogens is 3. The zero-order valence-corrected chi connectivity index (χ0v) is 22.1. The van der Waals surface area contributed by atoms with Gasteiger partial charge >= 0.3 is 5.97 Å². The topological polar surface area (TPSA) is 100 Å². The SMILES string of the molecule is C[C@@]1(c2cnc(-c3cc(Oc4c(F)c(F)c5[nH]ccc5c4F)ccc3F)[nH]2)CCOc2c(C3CC3C(=O)O)cccc21. The lowest BCUT2D eigenvalue weighted by atomic mass is 9.74. The van der Waals surface area contributed by atoms with Gasteiger partial charge in [0.15, 0.2) is 11.6 Å². The summed E-state index contributed by atoms with van der Waals surface area (Å²) in [5.41, 5.74) is 1.44. The van der Waals surface area contributed by atoms with E-state index in [2.05, 4.69) is 15.0 Å². The first kappa shape index (κ1) is 26.1. The molecule has 0 spiro atoms. The lowest BCUT2D eigenvalue weighted by Crippen LogP contribution is -2.32. The Labute approximate surface area is 236 Å². The number of aliphatic carboxylic acids is 1. The molecule has 1 saturated carbocycles. The number of ether oxygens (including phenoxy) is 2. The summed E-state index contributed by atoms with van der Waals surface area (Å²) in [5, 5.41) is 9.24. The molecule has 3 heterocycles. The predicted molar refractivity (Wildman–Crippen MR) is 144 cm³/mol. The van der Waals surface area contributed by atoms with Crippen molar-refractivity contribution in [2.24, 2.45) is 5.92 Å². The third-order valence-electron chi connectivity index (χ3n) is 8.37. The number of aromatic amines is 2. The summed E-state index contributed by atoms with van der Waals surface area (Å²) in [4.78, 5) is 21.5. The van der Waals surface area contributed by atoms with Crippen molar-refractivity contribution in [3.8, 4) is 28.6 Å². The molecule has 1 aliphatic heterocycles. The van der Waals surface area contributed by atoms with E-state index in [-0.39, 0.29) is 34.0 Å². The summed E-state index contributed by atoms with van der Waals surface area (Å²) in [5.74, 6) is -6.20. The van der Waals surface area contributed by atoms with E-state index in [0.29, 0.717) is 30.9 Å². The normalized spacial score (nSPS) is 21.2. The molecular weight excluding hydrogens is 554 g/mol. The summed E-state index contributed by atoms with van der Waals surface area (Å²) in [6.45, 7) is 2.39. The summed E-state index contributed by atoms with van der Waals surface area (Å²) in [6, 6.07) is 10.4. The Morgan fingerprint density at radius 3 is 2.74 bits per heavy atom. The van der Waals surface area contributed by atoms with E-state index in [0.717, 1.165) is 17.2 Å². The second kappa shape index (κ2) is 9.37. The Kier molecular flexibility index (Phi) is 5.83. The highest BCUT2D eigenvalue weighted by molar-refractivity contribution is 5.83. The standard InChI is InChI=1S/C31H23F4N3O4/c1-31(8-10-41-27-15(3-2-4-20(27)31)17-12-18(17)30(39)40)22-13-37-29(38-22)19-11-14(5-6-21(19)32)42-28-23(33)16-7-9-36-26(16)24(34)25(28)35/h2-7,9,11,13,17-18,36H,8,10,12H2,1H3,(H,37,38)(H,39,40)/t17?,18?,31-/m1/s1. The highest BCUT2D eigenvalue weighted by Gasteiger charge is 2.47. The molecule has 1 aliphatic carbocycles. The first-order valence-corrected chi connectivity index (χ1v) is 13.3. The van der Waals surface area contributed by atoms with Crippen LogP contribution in [0, 0.1) is 29.2 Å². The molecular formula is C31H23F4N3O4. The van der Waals surface area contributed by atoms with Gasteiger partial charge in [-0.05, 0) is 49.6 Å². The molecule has 5 aromatic rings. The molecule has 214 valence electrons. The third kappa shape index (κ3) is 3.94. The number of fused-ring (bicyclic) bond motifs is 2. The van der Waals surface area contributed by atoms with Crippen molar-refractivity contribution in [3.05, 3.63) is 94.9 Å². The van der Waals surface area contributed by atoms with Gasteiger partial charge < -0.3 is 24.5 Å². The average Bonchev–Trinajstić information content (AvgIpc) is 3.36. The number of hydrogen-bond acceptors (Lipinski definition) is 4. The van der Waals surface area contributed by atoms with Crippen molar-refractivity contribution in [2.45, 2.75) is 31.1 Å². The highest BCUT2D eigenvalue weighted by Crippen LogP contribution is 2.54. The van der Waals surface area contributed by atoms with Gasteiger partial charge in [0.05, 0.1) is 23.6 Å². The van der Waals surface area contributed by atoms with Gasteiger partial charge in [-0.3, -0.25) is 4.79 Å².